The highest BCUT2D eigenvalue weighted by atomic mass is 32.2. The van der Waals surface area contributed by atoms with Gasteiger partial charge in [0.1, 0.15) is 5.75 Å². The van der Waals surface area contributed by atoms with E-state index in [4.69, 9.17) is 4.74 Å². The van der Waals surface area contributed by atoms with Gasteiger partial charge in [-0.1, -0.05) is 43.2 Å². The highest BCUT2D eigenvalue weighted by Gasteiger charge is 2.16. The van der Waals surface area contributed by atoms with Crippen LogP contribution < -0.4 is 10.1 Å². The zero-order valence-corrected chi connectivity index (χ0v) is 15.0. The number of hydrogen-bond donors (Lipinski definition) is 1. The summed E-state index contributed by atoms with van der Waals surface area (Å²) in [5, 5.41) is 6.07. The lowest BCUT2D eigenvalue weighted by atomic mass is 10.1. The van der Waals surface area contributed by atoms with Crippen LogP contribution >= 0.6 is 11.8 Å². The molecule has 1 N–H and O–H groups in total. The van der Waals surface area contributed by atoms with Crippen LogP contribution in [-0.4, -0.2) is 29.6 Å². The molecule has 24 heavy (non-hydrogen) atoms. The highest BCUT2D eigenvalue weighted by Crippen LogP contribution is 2.28. The average molecular weight is 343 g/mol. The number of carbonyl (C=O) groups is 1. The number of rotatable bonds is 7. The van der Waals surface area contributed by atoms with E-state index in [9.17, 15) is 4.79 Å². The Morgan fingerprint density at radius 1 is 1.21 bits per heavy atom. The van der Waals surface area contributed by atoms with Gasteiger partial charge in [0.15, 0.2) is 6.10 Å². The molecule has 0 aliphatic heterocycles. The Balaban J connectivity index is 1.44. The molecule has 4 heteroatoms. The van der Waals surface area contributed by atoms with E-state index in [1.807, 2.05) is 48.2 Å². The number of carbonyl (C=O) groups excluding carboxylic acids is 1. The Bertz CT molecular complexity index is 682. The summed E-state index contributed by atoms with van der Waals surface area (Å²) < 4.78 is 5.80. The maximum atomic E-state index is 12.2. The van der Waals surface area contributed by atoms with Crippen LogP contribution in [0.5, 0.6) is 5.75 Å². The summed E-state index contributed by atoms with van der Waals surface area (Å²) in [5.74, 6) is 1.67. The Hall–Kier alpha value is -1.68. The van der Waals surface area contributed by atoms with Gasteiger partial charge in [0, 0.05) is 17.5 Å². The van der Waals surface area contributed by atoms with Crippen molar-refractivity contribution in [2.24, 2.45) is 0 Å². The fourth-order valence-corrected chi connectivity index (χ4v) is 4.32. The molecule has 0 aromatic heterocycles. The number of amides is 1. The minimum Gasteiger partial charge on any atom is -0.481 e. The van der Waals surface area contributed by atoms with Crippen LogP contribution in [0.15, 0.2) is 42.5 Å². The number of ether oxygens (including phenoxy) is 1. The van der Waals surface area contributed by atoms with E-state index in [1.54, 1.807) is 6.92 Å². The van der Waals surface area contributed by atoms with Crippen molar-refractivity contribution in [3.63, 3.8) is 0 Å². The minimum atomic E-state index is -0.484. The van der Waals surface area contributed by atoms with Crippen molar-refractivity contribution in [2.45, 2.75) is 44.0 Å². The molecule has 0 bridgehead atoms. The summed E-state index contributed by atoms with van der Waals surface area (Å²) in [5.41, 5.74) is 0. The van der Waals surface area contributed by atoms with E-state index in [0.717, 1.165) is 22.1 Å². The highest BCUT2D eigenvalue weighted by molar-refractivity contribution is 7.99. The maximum Gasteiger partial charge on any atom is 0.260 e. The van der Waals surface area contributed by atoms with Crippen LogP contribution in [0.4, 0.5) is 0 Å². The third kappa shape index (κ3) is 4.67. The molecule has 1 saturated carbocycles. The Kier molecular flexibility index (Phi) is 6.02. The van der Waals surface area contributed by atoms with Gasteiger partial charge in [-0.2, -0.15) is 11.8 Å². The first-order valence-electron chi connectivity index (χ1n) is 8.77. The van der Waals surface area contributed by atoms with Crippen LogP contribution in [-0.2, 0) is 4.79 Å². The molecule has 1 atom stereocenters. The average Bonchev–Trinajstić information content (AvgIpc) is 3.12. The summed E-state index contributed by atoms with van der Waals surface area (Å²) >= 11 is 1.99. The van der Waals surface area contributed by atoms with Gasteiger partial charge < -0.3 is 10.1 Å². The van der Waals surface area contributed by atoms with Gasteiger partial charge in [0.05, 0.1) is 0 Å². The Labute approximate surface area is 148 Å². The van der Waals surface area contributed by atoms with E-state index < -0.39 is 6.10 Å². The normalized spacial score (nSPS) is 16.2. The first-order chi connectivity index (χ1) is 11.7. The largest absolute Gasteiger partial charge is 0.481 e. The van der Waals surface area contributed by atoms with Gasteiger partial charge in [0.2, 0.25) is 0 Å². The molecule has 1 aliphatic carbocycles. The summed E-state index contributed by atoms with van der Waals surface area (Å²) in [6, 6.07) is 14.1. The van der Waals surface area contributed by atoms with Crippen molar-refractivity contribution < 1.29 is 9.53 Å². The third-order valence-electron chi connectivity index (χ3n) is 4.46. The van der Waals surface area contributed by atoms with Crippen LogP contribution in [0, 0.1) is 0 Å². The predicted octanol–water partition coefficient (Wildman–Crippen LogP) is 4.40. The third-order valence-corrected chi connectivity index (χ3v) is 5.84. The van der Waals surface area contributed by atoms with E-state index in [0.29, 0.717) is 6.54 Å². The monoisotopic (exact) mass is 343 g/mol. The van der Waals surface area contributed by atoms with Crippen LogP contribution in [0.25, 0.3) is 10.8 Å². The molecular weight excluding hydrogens is 318 g/mol. The second kappa shape index (κ2) is 8.43. The first kappa shape index (κ1) is 17.2. The molecule has 0 saturated heterocycles. The molecule has 2 aromatic rings. The second-order valence-corrected chi connectivity index (χ2v) is 7.75. The molecule has 2 aromatic carbocycles. The fraction of sp³-hybridized carbons (Fsp3) is 0.450. The molecule has 1 aliphatic rings. The van der Waals surface area contributed by atoms with E-state index in [2.05, 4.69) is 11.4 Å². The lowest BCUT2D eigenvalue weighted by molar-refractivity contribution is -0.127. The van der Waals surface area contributed by atoms with Crippen molar-refractivity contribution in [3.8, 4) is 5.75 Å². The van der Waals surface area contributed by atoms with Crippen LogP contribution in [0.1, 0.15) is 32.6 Å². The van der Waals surface area contributed by atoms with Gasteiger partial charge in [-0.3, -0.25) is 4.79 Å². The van der Waals surface area contributed by atoms with Gasteiger partial charge in [-0.05, 0) is 42.7 Å². The Morgan fingerprint density at radius 2 is 1.96 bits per heavy atom. The van der Waals surface area contributed by atoms with Crippen molar-refractivity contribution in [1.29, 1.82) is 0 Å². The second-order valence-electron chi connectivity index (χ2n) is 6.34. The summed E-state index contributed by atoms with van der Waals surface area (Å²) in [4.78, 5) is 12.2. The smallest absolute Gasteiger partial charge is 0.260 e. The van der Waals surface area contributed by atoms with Crippen LogP contribution in [0.2, 0.25) is 0 Å². The molecule has 0 heterocycles. The van der Waals surface area contributed by atoms with Gasteiger partial charge in [-0.25, -0.2) is 0 Å². The minimum absolute atomic E-state index is 0.0461. The standard InChI is InChI=1S/C20H25NO2S/c1-15(20(22)21-12-13-24-19-8-4-5-9-19)23-18-11-10-16-6-2-3-7-17(16)14-18/h2-3,6-7,10-11,14-15,19H,4-5,8-9,12-13H2,1H3,(H,21,22)/t15-/m0/s1. The summed E-state index contributed by atoms with van der Waals surface area (Å²) in [6.45, 7) is 2.51. The molecule has 128 valence electrons. The molecular formula is C20H25NO2S. The van der Waals surface area contributed by atoms with Gasteiger partial charge in [-0.15, -0.1) is 0 Å². The quantitative estimate of drug-likeness (QED) is 0.757. The van der Waals surface area contributed by atoms with Gasteiger partial charge in [0.25, 0.3) is 5.91 Å². The first-order valence-corrected chi connectivity index (χ1v) is 9.82. The molecule has 3 rings (SSSR count). The van der Waals surface area contributed by atoms with Crippen molar-refractivity contribution in [1.82, 2.24) is 5.32 Å². The molecule has 0 spiro atoms. The SMILES string of the molecule is C[C@H](Oc1ccc2ccccc2c1)C(=O)NCCSC1CCCC1. The lowest BCUT2D eigenvalue weighted by Crippen LogP contribution is -2.37. The van der Waals surface area contributed by atoms with E-state index >= 15 is 0 Å². The fourth-order valence-electron chi connectivity index (χ4n) is 3.10. The van der Waals surface area contributed by atoms with E-state index in [-0.39, 0.29) is 5.91 Å². The zero-order valence-electron chi connectivity index (χ0n) is 14.2. The molecule has 0 radical (unpaired) electrons. The molecule has 3 nitrogen and oxygen atoms in total. The zero-order chi connectivity index (χ0) is 16.8. The maximum absolute atomic E-state index is 12.2. The lowest BCUT2D eigenvalue weighted by Gasteiger charge is -2.15. The Morgan fingerprint density at radius 3 is 2.75 bits per heavy atom. The van der Waals surface area contributed by atoms with Crippen molar-refractivity contribution in [2.75, 3.05) is 12.3 Å². The molecule has 1 amide bonds. The number of nitrogens with one attached hydrogen (secondary N) is 1. The summed E-state index contributed by atoms with van der Waals surface area (Å²) in [6.07, 6.45) is 4.91. The van der Waals surface area contributed by atoms with Crippen molar-refractivity contribution >= 4 is 28.4 Å². The number of hydrogen-bond acceptors (Lipinski definition) is 3. The summed E-state index contributed by atoms with van der Waals surface area (Å²) in [7, 11) is 0. The molecule has 1 fully saturated rings. The van der Waals surface area contributed by atoms with Gasteiger partial charge >= 0.3 is 0 Å². The van der Waals surface area contributed by atoms with Crippen molar-refractivity contribution in [3.05, 3.63) is 42.5 Å². The predicted molar refractivity (Wildman–Crippen MR) is 102 cm³/mol. The number of thioether (sulfide) groups is 1. The number of benzene rings is 2. The molecule has 0 unspecified atom stereocenters. The van der Waals surface area contributed by atoms with E-state index in [1.165, 1.54) is 31.1 Å². The van der Waals surface area contributed by atoms with Crippen LogP contribution in [0.3, 0.4) is 0 Å². The number of fused-ring (bicyclic) bond motifs is 1. The topological polar surface area (TPSA) is 38.3 Å².